The summed E-state index contributed by atoms with van der Waals surface area (Å²) >= 11 is 6.78. The van der Waals surface area contributed by atoms with Gasteiger partial charge in [-0.1, -0.05) is 29.8 Å². The Morgan fingerprint density at radius 2 is 2.03 bits per heavy atom. The lowest BCUT2D eigenvalue weighted by atomic mass is 10.1. The van der Waals surface area contributed by atoms with Crippen LogP contribution in [0.2, 0.25) is 0 Å². The van der Waals surface area contributed by atoms with Gasteiger partial charge in [0.15, 0.2) is 0 Å². The number of nitrogens with zero attached hydrogens (tertiary/aromatic N) is 3. The standard InChI is InChI=1S/C21H19Br2N3O3/c1-4-12(2)20-25-18-7-6-15(22)10-16(18)21(28)26(20)24-11-14-5-8-19(17(23)9-14)29-13(3)27/h5-12H,4H2,1-3H3/t12-/m0/s1. The van der Waals surface area contributed by atoms with Crippen LogP contribution in [-0.4, -0.2) is 21.8 Å². The van der Waals surface area contributed by atoms with Crippen molar-refractivity contribution < 1.29 is 9.53 Å². The fourth-order valence-corrected chi connectivity index (χ4v) is 3.58. The third kappa shape index (κ3) is 4.82. The normalized spacial score (nSPS) is 12.4. The second-order valence-corrected chi connectivity index (χ2v) is 8.36. The number of aromatic nitrogens is 2. The summed E-state index contributed by atoms with van der Waals surface area (Å²) in [4.78, 5) is 28.9. The van der Waals surface area contributed by atoms with Crippen LogP contribution in [0, 0.1) is 0 Å². The summed E-state index contributed by atoms with van der Waals surface area (Å²) in [6.07, 6.45) is 2.41. The number of hydrogen-bond donors (Lipinski definition) is 0. The highest BCUT2D eigenvalue weighted by atomic mass is 79.9. The molecule has 0 aliphatic carbocycles. The lowest BCUT2D eigenvalue weighted by molar-refractivity contribution is -0.131. The molecule has 0 saturated heterocycles. The Labute approximate surface area is 184 Å². The SMILES string of the molecule is CC[C@H](C)c1nc2ccc(Br)cc2c(=O)n1N=Cc1ccc(OC(C)=O)c(Br)c1. The van der Waals surface area contributed by atoms with Crippen molar-refractivity contribution in [1.82, 2.24) is 9.66 Å². The quantitative estimate of drug-likeness (QED) is 0.262. The fraction of sp³-hybridized carbons (Fsp3) is 0.238. The van der Waals surface area contributed by atoms with Crippen LogP contribution in [0.25, 0.3) is 10.9 Å². The number of rotatable bonds is 5. The third-order valence-electron chi connectivity index (χ3n) is 4.42. The van der Waals surface area contributed by atoms with Crippen LogP contribution in [0.4, 0.5) is 0 Å². The van der Waals surface area contributed by atoms with Crippen molar-refractivity contribution in [2.75, 3.05) is 0 Å². The molecule has 3 aromatic rings. The van der Waals surface area contributed by atoms with E-state index in [0.29, 0.717) is 26.9 Å². The summed E-state index contributed by atoms with van der Waals surface area (Å²) < 4.78 is 7.89. The van der Waals surface area contributed by atoms with Gasteiger partial charge in [0, 0.05) is 17.3 Å². The molecule has 1 heterocycles. The van der Waals surface area contributed by atoms with Crippen LogP contribution >= 0.6 is 31.9 Å². The maximum atomic E-state index is 13.1. The van der Waals surface area contributed by atoms with Crippen molar-refractivity contribution in [3.8, 4) is 5.75 Å². The Balaban J connectivity index is 2.08. The van der Waals surface area contributed by atoms with Gasteiger partial charge in [-0.25, -0.2) is 4.98 Å². The van der Waals surface area contributed by atoms with Crippen molar-refractivity contribution in [2.24, 2.45) is 5.10 Å². The van der Waals surface area contributed by atoms with E-state index in [1.165, 1.54) is 11.6 Å². The summed E-state index contributed by atoms with van der Waals surface area (Å²) in [6.45, 7) is 5.40. The van der Waals surface area contributed by atoms with E-state index in [1.54, 1.807) is 30.5 Å². The maximum Gasteiger partial charge on any atom is 0.308 e. The molecule has 3 rings (SSSR count). The minimum absolute atomic E-state index is 0.0611. The van der Waals surface area contributed by atoms with Gasteiger partial charge in [0.2, 0.25) is 0 Å². The van der Waals surface area contributed by atoms with Crippen LogP contribution in [-0.2, 0) is 4.79 Å². The van der Waals surface area contributed by atoms with E-state index in [9.17, 15) is 9.59 Å². The first kappa shape index (κ1) is 21.4. The molecule has 6 nitrogen and oxygen atoms in total. The van der Waals surface area contributed by atoms with Gasteiger partial charge in [-0.3, -0.25) is 9.59 Å². The topological polar surface area (TPSA) is 73.6 Å². The Morgan fingerprint density at radius 1 is 1.28 bits per heavy atom. The van der Waals surface area contributed by atoms with Gasteiger partial charge in [-0.05, 0) is 64.3 Å². The van der Waals surface area contributed by atoms with Crippen LogP contribution in [0.1, 0.15) is 44.5 Å². The molecule has 1 atom stereocenters. The summed E-state index contributed by atoms with van der Waals surface area (Å²) in [5, 5.41) is 4.92. The largest absolute Gasteiger partial charge is 0.426 e. The van der Waals surface area contributed by atoms with Gasteiger partial charge in [0.1, 0.15) is 11.6 Å². The Bertz CT molecular complexity index is 1170. The van der Waals surface area contributed by atoms with Gasteiger partial charge in [-0.2, -0.15) is 9.78 Å². The van der Waals surface area contributed by atoms with Crippen molar-refractivity contribution in [3.63, 3.8) is 0 Å². The van der Waals surface area contributed by atoms with E-state index in [0.717, 1.165) is 16.5 Å². The molecule has 0 fully saturated rings. The molecule has 29 heavy (non-hydrogen) atoms. The molecule has 0 N–H and O–H groups in total. The second kappa shape index (κ2) is 9.00. The molecule has 2 aromatic carbocycles. The zero-order valence-corrected chi connectivity index (χ0v) is 19.3. The number of hydrogen-bond acceptors (Lipinski definition) is 5. The first-order valence-electron chi connectivity index (χ1n) is 9.04. The predicted octanol–water partition coefficient (Wildman–Crippen LogP) is 5.24. The molecule has 0 bridgehead atoms. The van der Waals surface area contributed by atoms with E-state index in [4.69, 9.17) is 4.74 Å². The molecule has 0 unspecified atom stereocenters. The smallest absolute Gasteiger partial charge is 0.308 e. The lowest BCUT2D eigenvalue weighted by Gasteiger charge is -2.14. The summed E-state index contributed by atoms with van der Waals surface area (Å²) in [6, 6.07) is 10.6. The molecule has 0 aliphatic rings. The van der Waals surface area contributed by atoms with Gasteiger partial charge in [0.25, 0.3) is 5.56 Å². The van der Waals surface area contributed by atoms with E-state index in [2.05, 4.69) is 41.9 Å². The Morgan fingerprint density at radius 3 is 2.69 bits per heavy atom. The number of esters is 1. The Kier molecular flexibility index (Phi) is 6.64. The van der Waals surface area contributed by atoms with Gasteiger partial charge < -0.3 is 4.74 Å². The van der Waals surface area contributed by atoms with E-state index >= 15 is 0 Å². The van der Waals surface area contributed by atoms with E-state index in [1.807, 2.05) is 26.0 Å². The molecule has 0 amide bonds. The van der Waals surface area contributed by atoms with Crippen molar-refractivity contribution >= 4 is 54.9 Å². The molecule has 0 radical (unpaired) electrons. The first-order chi connectivity index (χ1) is 13.8. The fourth-order valence-electron chi connectivity index (χ4n) is 2.74. The summed E-state index contributed by atoms with van der Waals surface area (Å²) in [7, 11) is 0. The lowest BCUT2D eigenvalue weighted by Crippen LogP contribution is -2.23. The monoisotopic (exact) mass is 519 g/mol. The average molecular weight is 521 g/mol. The molecule has 150 valence electrons. The highest BCUT2D eigenvalue weighted by Gasteiger charge is 2.15. The predicted molar refractivity (Wildman–Crippen MR) is 121 cm³/mol. The highest BCUT2D eigenvalue weighted by molar-refractivity contribution is 9.10. The number of halogens is 2. The maximum absolute atomic E-state index is 13.1. The van der Waals surface area contributed by atoms with Crippen molar-refractivity contribution in [1.29, 1.82) is 0 Å². The molecular weight excluding hydrogens is 502 g/mol. The molecule has 1 aromatic heterocycles. The van der Waals surface area contributed by atoms with Crippen molar-refractivity contribution in [3.05, 3.63) is 67.1 Å². The molecule has 8 heteroatoms. The molecule has 0 spiro atoms. The zero-order chi connectivity index (χ0) is 21.1. The number of carbonyl (C=O) groups excluding carboxylic acids is 1. The second-order valence-electron chi connectivity index (χ2n) is 6.59. The number of ether oxygens (including phenoxy) is 1. The Hall–Kier alpha value is -2.32. The van der Waals surface area contributed by atoms with Gasteiger partial charge in [-0.15, -0.1) is 0 Å². The molecular formula is C21H19Br2N3O3. The summed E-state index contributed by atoms with van der Waals surface area (Å²) in [5.41, 5.74) is 1.16. The van der Waals surface area contributed by atoms with Gasteiger partial charge >= 0.3 is 5.97 Å². The minimum atomic E-state index is -0.398. The van der Waals surface area contributed by atoms with E-state index < -0.39 is 5.97 Å². The highest BCUT2D eigenvalue weighted by Crippen LogP contribution is 2.26. The van der Waals surface area contributed by atoms with Crippen LogP contribution in [0.5, 0.6) is 5.75 Å². The minimum Gasteiger partial charge on any atom is -0.426 e. The number of fused-ring (bicyclic) bond motifs is 1. The third-order valence-corrected chi connectivity index (χ3v) is 5.53. The van der Waals surface area contributed by atoms with Gasteiger partial charge in [0.05, 0.1) is 21.6 Å². The molecule has 0 aliphatic heterocycles. The number of carbonyl (C=O) groups is 1. The van der Waals surface area contributed by atoms with Crippen LogP contribution in [0.3, 0.4) is 0 Å². The molecule has 0 saturated carbocycles. The summed E-state index contributed by atoms with van der Waals surface area (Å²) in [5.74, 6) is 0.694. The van der Waals surface area contributed by atoms with E-state index in [-0.39, 0.29) is 11.5 Å². The van der Waals surface area contributed by atoms with Crippen LogP contribution < -0.4 is 10.3 Å². The first-order valence-corrected chi connectivity index (χ1v) is 10.6. The average Bonchev–Trinajstić information content (AvgIpc) is 2.68. The zero-order valence-electron chi connectivity index (χ0n) is 16.1. The number of benzene rings is 2. The van der Waals surface area contributed by atoms with Crippen LogP contribution in [0.15, 0.2) is 55.2 Å². The van der Waals surface area contributed by atoms with Crippen molar-refractivity contribution in [2.45, 2.75) is 33.1 Å².